The highest BCUT2D eigenvalue weighted by molar-refractivity contribution is 7.91. The molecule has 0 aromatic carbocycles. The molecule has 0 bridgehead atoms. The lowest BCUT2D eigenvalue weighted by Crippen LogP contribution is -2.29. The molecule has 4 nitrogen and oxygen atoms in total. The zero-order valence-electron chi connectivity index (χ0n) is 8.30. The van der Waals surface area contributed by atoms with Gasteiger partial charge in [0.2, 0.25) is 0 Å². The summed E-state index contributed by atoms with van der Waals surface area (Å²) >= 11 is 0. The molecular formula is C7H14F3NO3S. The van der Waals surface area contributed by atoms with Crippen LogP contribution in [0.2, 0.25) is 0 Å². The monoisotopic (exact) mass is 249 g/mol. The highest BCUT2D eigenvalue weighted by Gasteiger charge is 2.27. The molecule has 15 heavy (non-hydrogen) atoms. The SMILES string of the molecule is CCCS(=O)(=O)CCNOCC(F)(F)F. The summed E-state index contributed by atoms with van der Waals surface area (Å²) in [6.07, 6.45) is -3.92. The van der Waals surface area contributed by atoms with Gasteiger partial charge in [0.15, 0.2) is 16.4 Å². The quantitative estimate of drug-likeness (QED) is 0.538. The van der Waals surface area contributed by atoms with Gasteiger partial charge < -0.3 is 0 Å². The van der Waals surface area contributed by atoms with Gasteiger partial charge in [0.05, 0.1) is 5.75 Å². The Morgan fingerprint density at radius 3 is 2.33 bits per heavy atom. The fourth-order valence-electron chi connectivity index (χ4n) is 0.815. The van der Waals surface area contributed by atoms with Crippen LogP contribution < -0.4 is 5.48 Å². The minimum absolute atomic E-state index is 0.0357. The summed E-state index contributed by atoms with van der Waals surface area (Å²) in [5.41, 5.74) is 1.96. The molecule has 8 heteroatoms. The minimum atomic E-state index is -4.41. The molecule has 0 aliphatic heterocycles. The van der Waals surface area contributed by atoms with Crippen LogP contribution in [0, 0.1) is 0 Å². The fourth-order valence-corrected chi connectivity index (χ4v) is 2.04. The number of rotatable bonds is 7. The third-order valence-electron chi connectivity index (χ3n) is 1.37. The van der Waals surface area contributed by atoms with E-state index in [1.807, 2.05) is 5.48 Å². The van der Waals surface area contributed by atoms with E-state index in [2.05, 4.69) is 4.84 Å². The van der Waals surface area contributed by atoms with E-state index in [9.17, 15) is 21.6 Å². The van der Waals surface area contributed by atoms with Gasteiger partial charge in [-0.2, -0.15) is 13.2 Å². The molecule has 0 aromatic rings. The van der Waals surface area contributed by atoms with Crippen molar-refractivity contribution in [2.45, 2.75) is 19.5 Å². The highest BCUT2D eigenvalue weighted by Crippen LogP contribution is 2.13. The van der Waals surface area contributed by atoms with Crippen molar-refractivity contribution < 1.29 is 26.4 Å². The minimum Gasteiger partial charge on any atom is -0.292 e. The Hall–Kier alpha value is -0.340. The summed E-state index contributed by atoms with van der Waals surface area (Å²) in [5.74, 6) is -0.188. The second kappa shape index (κ2) is 6.29. The second-order valence-corrected chi connectivity index (χ2v) is 5.25. The topological polar surface area (TPSA) is 55.4 Å². The lowest BCUT2D eigenvalue weighted by atomic mass is 10.6. The maximum atomic E-state index is 11.6. The molecule has 0 radical (unpaired) electrons. The van der Waals surface area contributed by atoms with Gasteiger partial charge in [-0.3, -0.25) is 4.84 Å². The summed E-state index contributed by atoms with van der Waals surface area (Å²) in [4.78, 5) is 4.03. The van der Waals surface area contributed by atoms with E-state index in [1.54, 1.807) is 6.92 Å². The van der Waals surface area contributed by atoms with Crippen LogP contribution in [0.3, 0.4) is 0 Å². The maximum absolute atomic E-state index is 11.6. The molecule has 0 saturated heterocycles. The predicted octanol–water partition coefficient (Wildman–Crippen LogP) is 0.895. The van der Waals surface area contributed by atoms with Crippen LogP contribution in [0.4, 0.5) is 13.2 Å². The molecule has 0 aromatic heterocycles. The summed E-state index contributed by atoms with van der Waals surface area (Å²) in [7, 11) is -3.17. The van der Waals surface area contributed by atoms with Gasteiger partial charge in [0.1, 0.15) is 0 Å². The molecule has 92 valence electrons. The van der Waals surface area contributed by atoms with Crippen LogP contribution in [-0.4, -0.2) is 39.3 Å². The van der Waals surface area contributed by atoms with E-state index < -0.39 is 22.6 Å². The lowest BCUT2D eigenvalue weighted by Gasteiger charge is -2.08. The largest absolute Gasteiger partial charge is 0.413 e. The number of halogens is 3. The van der Waals surface area contributed by atoms with Crippen molar-refractivity contribution in [2.24, 2.45) is 0 Å². The average Bonchev–Trinajstić information content (AvgIpc) is 2.00. The number of sulfone groups is 1. The van der Waals surface area contributed by atoms with Gasteiger partial charge in [-0.05, 0) is 6.42 Å². The van der Waals surface area contributed by atoms with E-state index in [0.29, 0.717) is 6.42 Å². The van der Waals surface area contributed by atoms with E-state index >= 15 is 0 Å². The summed E-state index contributed by atoms with van der Waals surface area (Å²) in [6, 6.07) is 0. The summed E-state index contributed by atoms with van der Waals surface area (Å²) in [6.45, 7) is 0.143. The maximum Gasteiger partial charge on any atom is 0.413 e. The average molecular weight is 249 g/mol. The smallest absolute Gasteiger partial charge is 0.292 e. The number of hydrogen-bond donors (Lipinski definition) is 1. The molecule has 1 N–H and O–H groups in total. The second-order valence-electron chi connectivity index (χ2n) is 2.95. The molecular weight excluding hydrogens is 235 g/mol. The first-order valence-electron chi connectivity index (χ1n) is 4.38. The Balaban J connectivity index is 3.55. The van der Waals surface area contributed by atoms with Crippen LogP contribution >= 0.6 is 0 Å². The first kappa shape index (κ1) is 14.7. The van der Waals surface area contributed by atoms with Gasteiger partial charge in [0.25, 0.3) is 0 Å². The van der Waals surface area contributed by atoms with E-state index in [4.69, 9.17) is 0 Å². The van der Waals surface area contributed by atoms with Crippen molar-refractivity contribution in [3.8, 4) is 0 Å². The number of nitrogens with one attached hydrogen (secondary N) is 1. The van der Waals surface area contributed by atoms with Crippen LogP contribution in [0.5, 0.6) is 0 Å². The Labute approximate surface area is 86.7 Å². The van der Waals surface area contributed by atoms with Gasteiger partial charge in [-0.15, -0.1) is 0 Å². The molecule has 0 spiro atoms. The van der Waals surface area contributed by atoms with Crippen molar-refractivity contribution in [2.75, 3.05) is 24.7 Å². The van der Waals surface area contributed by atoms with Crippen molar-refractivity contribution in [1.82, 2.24) is 5.48 Å². The normalized spacial score (nSPS) is 13.1. The van der Waals surface area contributed by atoms with Crippen molar-refractivity contribution in [3.63, 3.8) is 0 Å². The van der Waals surface area contributed by atoms with Gasteiger partial charge in [-0.1, -0.05) is 6.92 Å². The molecule has 0 fully saturated rings. The van der Waals surface area contributed by atoms with E-state index in [-0.39, 0.29) is 18.1 Å². The molecule has 0 saturated carbocycles. The van der Waals surface area contributed by atoms with Gasteiger partial charge in [-0.25, -0.2) is 13.9 Å². The predicted molar refractivity (Wildman–Crippen MR) is 49.0 cm³/mol. The molecule has 0 unspecified atom stereocenters. The van der Waals surface area contributed by atoms with E-state index in [0.717, 1.165) is 0 Å². The highest BCUT2D eigenvalue weighted by atomic mass is 32.2. The number of hydroxylamine groups is 1. The zero-order chi connectivity index (χ0) is 11.9. The van der Waals surface area contributed by atoms with Crippen molar-refractivity contribution in [3.05, 3.63) is 0 Å². The van der Waals surface area contributed by atoms with Gasteiger partial charge in [0, 0.05) is 12.3 Å². The first-order valence-corrected chi connectivity index (χ1v) is 6.21. The molecule has 0 atom stereocenters. The Bertz CT molecular complexity index is 263. The summed E-state index contributed by atoms with van der Waals surface area (Å²) in [5, 5.41) is 0. The summed E-state index contributed by atoms with van der Waals surface area (Å²) < 4.78 is 56.8. The van der Waals surface area contributed by atoms with Crippen LogP contribution in [0.1, 0.15) is 13.3 Å². The van der Waals surface area contributed by atoms with Crippen molar-refractivity contribution in [1.29, 1.82) is 0 Å². The van der Waals surface area contributed by atoms with Crippen LogP contribution in [-0.2, 0) is 14.7 Å². The standard InChI is InChI=1S/C7H14F3NO3S/c1-2-4-15(12,13)5-3-11-14-6-7(8,9)10/h11H,2-6H2,1H3. The number of alkyl halides is 3. The first-order chi connectivity index (χ1) is 6.77. The Kier molecular flexibility index (Phi) is 6.15. The van der Waals surface area contributed by atoms with Gasteiger partial charge >= 0.3 is 6.18 Å². The van der Waals surface area contributed by atoms with Crippen LogP contribution in [0.25, 0.3) is 0 Å². The molecule has 0 aliphatic rings. The van der Waals surface area contributed by atoms with Crippen LogP contribution in [0.15, 0.2) is 0 Å². The third kappa shape index (κ3) is 9.95. The Morgan fingerprint density at radius 2 is 1.87 bits per heavy atom. The van der Waals surface area contributed by atoms with E-state index in [1.165, 1.54) is 0 Å². The number of hydrogen-bond acceptors (Lipinski definition) is 4. The third-order valence-corrected chi connectivity index (χ3v) is 3.22. The molecule has 0 amide bonds. The molecule has 0 aliphatic carbocycles. The fraction of sp³-hybridized carbons (Fsp3) is 1.00. The Morgan fingerprint density at radius 1 is 1.27 bits per heavy atom. The lowest BCUT2D eigenvalue weighted by molar-refractivity contribution is -0.188. The molecule has 0 rings (SSSR count). The van der Waals surface area contributed by atoms with Crippen molar-refractivity contribution >= 4 is 9.84 Å². The zero-order valence-corrected chi connectivity index (χ0v) is 9.12. The molecule has 0 heterocycles.